The van der Waals surface area contributed by atoms with E-state index in [2.05, 4.69) is 15.3 Å². The lowest BCUT2D eigenvalue weighted by Gasteiger charge is -2.33. The van der Waals surface area contributed by atoms with Crippen molar-refractivity contribution < 1.29 is 4.39 Å². The Kier molecular flexibility index (Phi) is 2.23. The van der Waals surface area contributed by atoms with Crippen LogP contribution in [0.1, 0.15) is 19.3 Å². The fourth-order valence-corrected chi connectivity index (χ4v) is 1.46. The average Bonchev–Trinajstić information content (AvgIpc) is 2.14. The van der Waals surface area contributed by atoms with Crippen LogP contribution in [-0.4, -0.2) is 22.2 Å². The number of alkyl halides is 1. The molecule has 1 aliphatic rings. The summed E-state index contributed by atoms with van der Waals surface area (Å²) in [5.74, 6) is 0.191. The Morgan fingerprint density at radius 2 is 2.43 bits per heavy atom. The van der Waals surface area contributed by atoms with E-state index < -0.39 is 5.67 Å². The van der Waals surface area contributed by atoms with Gasteiger partial charge < -0.3 is 10.3 Å². The minimum absolute atomic E-state index is 0.174. The Balaban J connectivity index is 1.98. The molecule has 1 heterocycles. The molecule has 76 valence electrons. The number of hydrogen-bond donors (Lipinski definition) is 2. The summed E-state index contributed by atoms with van der Waals surface area (Å²) in [5.41, 5.74) is -1.44. The van der Waals surface area contributed by atoms with Crippen LogP contribution in [0.2, 0.25) is 0 Å². The number of aromatic nitrogens is 2. The quantitative estimate of drug-likeness (QED) is 0.762. The van der Waals surface area contributed by atoms with E-state index >= 15 is 0 Å². The summed E-state index contributed by atoms with van der Waals surface area (Å²) in [6.07, 6.45) is 4.99. The number of H-pyrrole nitrogens is 1. The SMILES string of the molecule is O=c1[nH]ccnc1NCC1(F)CCC1. The molecule has 2 N–H and O–H groups in total. The average molecular weight is 197 g/mol. The van der Waals surface area contributed by atoms with E-state index in [0.29, 0.717) is 12.8 Å². The summed E-state index contributed by atoms with van der Waals surface area (Å²) >= 11 is 0. The van der Waals surface area contributed by atoms with E-state index in [0.717, 1.165) is 6.42 Å². The lowest BCUT2D eigenvalue weighted by atomic mass is 9.82. The van der Waals surface area contributed by atoms with Crippen LogP contribution < -0.4 is 10.9 Å². The Morgan fingerprint density at radius 3 is 3.00 bits per heavy atom. The van der Waals surface area contributed by atoms with E-state index in [1.165, 1.54) is 12.4 Å². The van der Waals surface area contributed by atoms with Gasteiger partial charge in [0.1, 0.15) is 5.67 Å². The molecule has 0 spiro atoms. The molecule has 4 nitrogen and oxygen atoms in total. The van der Waals surface area contributed by atoms with Gasteiger partial charge >= 0.3 is 0 Å². The Labute approximate surface area is 80.6 Å². The second-order valence-corrected chi connectivity index (χ2v) is 3.62. The summed E-state index contributed by atoms with van der Waals surface area (Å²) in [7, 11) is 0. The Morgan fingerprint density at radius 1 is 1.64 bits per heavy atom. The monoisotopic (exact) mass is 197 g/mol. The van der Waals surface area contributed by atoms with Crippen LogP contribution in [0.4, 0.5) is 10.2 Å². The molecule has 0 bridgehead atoms. The first kappa shape index (κ1) is 9.18. The first-order chi connectivity index (χ1) is 6.70. The summed E-state index contributed by atoms with van der Waals surface area (Å²) < 4.78 is 13.5. The number of hydrogen-bond acceptors (Lipinski definition) is 3. The molecule has 0 aliphatic heterocycles. The second-order valence-electron chi connectivity index (χ2n) is 3.62. The molecule has 1 fully saturated rings. The lowest BCUT2D eigenvalue weighted by molar-refractivity contribution is 0.0783. The largest absolute Gasteiger partial charge is 0.362 e. The van der Waals surface area contributed by atoms with Gasteiger partial charge in [-0.15, -0.1) is 0 Å². The number of nitrogens with zero attached hydrogens (tertiary/aromatic N) is 1. The maximum atomic E-state index is 13.5. The van der Waals surface area contributed by atoms with Crippen LogP contribution in [0.3, 0.4) is 0 Å². The maximum Gasteiger partial charge on any atom is 0.290 e. The molecule has 0 unspecified atom stereocenters. The highest BCUT2D eigenvalue weighted by atomic mass is 19.1. The van der Waals surface area contributed by atoms with Crippen molar-refractivity contribution in [2.24, 2.45) is 0 Å². The van der Waals surface area contributed by atoms with Crippen molar-refractivity contribution >= 4 is 5.82 Å². The van der Waals surface area contributed by atoms with Crippen LogP contribution >= 0.6 is 0 Å². The van der Waals surface area contributed by atoms with E-state index in [9.17, 15) is 9.18 Å². The van der Waals surface area contributed by atoms with Gasteiger partial charge in [0.2, 0.25) is 0 Å². The Hall–Kier alpha value is -1.39. The highest BCUT2D eigenvalue weighted by molar-refractivity contribution is 5.30. The number of halogens is 1. The first-order valence-corrected chi connectivity index (χ1v) is 4.66. The summed E-state index contributed by atoms with van der Waals surface area (Å²) in [6, 6.07) is 0. The minimum atomic E-state index is -1.13. The standard InChI is InChI=1S/C9H12FN3O/c10-9(2-1-3-9)6-13-7-8(14)12-5-4-11-7/h4-5H,1-3,6H2,(H,11,13)(H,12,14). The van der Waals surface area contributed by atoms with Crippen LogP contribution in [0.5, 0.6) is 0 Å². The van der Waals surface area contributed by atoms with Crippen molar-refractivity contribution in [2.45, 2.75) is 24.9 Å². The van der Waals surface area contributed by atoms with Gasteiger partial charge in [-0.25, -0.2) is 9.37 Å². The zero-order valence-corrected chi connectivity index (χ0v) is 7.72. The van der Waals surface area contributed by atoms with Crippen molar-refractivity contribution in [3.8, 4) is 0 Å². The van der Waals surface area contributed by atoms with Gasteiger partial charge in [-0.2, -0.15) is 0 Å². The third kappa shape index (κ3) is 1.76. The molecule has 0 amide bonds. The van der Waals surface area contributed by atoms with E-state index in [4.69, 9.17) is 0 Å². The van der Waals surface area contributed by atoms with Gasteiger partial charge in [-0.1, -0.05) is 0 Å². The molecule has 1 aliphatic carbocycles. The predicted octanol–water partition coefficient (Wildman–Crippen LogP) is 1.07. The van der Waals surface area contributed by atoms with Crippen LogP contribution in [0.15, 0.2) is 17.2 Å². The van der Waals surface area contributed by atoms with Crippen LogP contribution in [0, 0.1) is 0 Å². The molecule has 1 aromatic heterocycles. The van der Waals surface area contributed by atoms with Crippen molar-refractivity contribution in [2.75, 3.05) is 11.9 Å². The van der Waals surface area contributed by atoms with Gasteiger partial charge in [-0.3, -0.25) is 4.79 Å². The summed E-state index contributed by atoms with van der Waals surface area (Å²) in [5, 5.41) is 2.73. The van der Waals surface area contributed by atoms with Gasteiger partial charge in [0, 0.05) is 12.4 Å². The third-order valence-corrected chi connectivity index (χ3v) is 2.53. The van der Waals surface area contributed by atoms with Crippen molar-refractivity contribution in [1.82, 2.24) is 9.97 Å². The molecule has 2 rings (SSSR count). The second kappa shape index (κ2) is 3.40. The van der Waals surface area contributed by atoms with E-state index in [-0.39, 0.29) is 17.9 Å². The zero-order chi connectivity index (χ0) is 10.0. The zero-order valence-electron chi connectivity index (χ0n) is 7.72. The predicted molar refractivity (Wildman–Crippen MR) is 51.0 cm³/mol. The first-order valence-electron chi connectivity index (χ1n) is 4.66. The summed E-state index contributed by atoms with van der Waals surface area (Å²) in [6.45, 7) is 0.174. The van der Waals surface area contributed by atoms with Gasteiger partial charge in [0.15, 0.2) is 5.82 Å². The van der Waals surface area contributed by atoms with Crippen LogP contribution in [-0.2, 0) is 0 Å². The number of rotatable bonds is 3. The van der Waals surface area contributed by atoms with Crippen molar-refractivity contribution in [1.29, 1.82) is 0 Å². The third-order valence-electron chi connectivity index (χ3n) is 2.53. The molecule has 1 aromatic rings. The molecular weight excluding hydrogens is 185 g/mol. The minimum Gasteiger partial charge on any atom is -0.362 e. The lowest BCUT2D eigenvalue weighted by Crippen LogP contribution is -2.40. The van der Waals surface area contributed by atoms with Gasteiger partial charge in [0.05, 0.1) is 6.54 Å². The topological polar surface area (TPSA) is 57.8 Å². The molecule has 1 saturated carbocycles. The molecule has 5 heteroatoms. The van der Waals surface area contributed by atoms with Crippen molar-refractivity contribution in [3.63, 3.8) is 0 Å². The fourth-order valence-electron chi connectivity index (χ4n) is 1.46. The molecule has 0 aromatic carbocycles. The smallest absolute Gasteiger partial charge is 0.290 e. The highest BCUT2D eigenvalue weighted by Gasteiger charge is 2.36. The Bertz CT molecular complexity index is 372. The molecular formula is C9H12FN3O. The number of nitrogens with one attached hydrogen (secondary N) is 2. The van der Waals surface area contributed by atoms with Crippen molar-refractivity contribution in [3.05, 3.63) is 22.7 Å². The number of aromatic amines is 1. The number of anilines is 1. The maximum absolute atomic E-state index is 13.5. The highest BCUT2D eigenvalue weighted by Crippen LogP contribution is 2.35. The normalized spacial score (nSPS) is 18.6. The molecule has 14 heavy (non-hydrogen) atoms. The van der Waals surface area contributed by atoms with Crippen LogP contribution in [0.25, 0.3) is 0 Å². The molecule has 0 atom stereocenters. The molecule has 0 saturated heterocycles. The van der Waals surface area contributed by atoms with Gasteiger partial charge in [-0.05, 0) is 19.3 Å². The molecule has 0 radical (unpaired) electrons. The van der Waals surface area contributed by atoms with E-state index in [1.54, 1.807) is 0 Å². The van der Waals surface area contributed by atoms with E-state index in [1.807, 2.05) is 0 Å². The summed E-state index contributed by atoms with van der Waals surface area (Å²) in [4.78, 5) is 17.4. The van der Waals surface area contributed by atoms with Gasteiger partial charge in [0.25, 0.3) is 5.56 Å². The fraction of sp³-hybridized carbons (Fsp3) is 0.556.